The van der Waals surface area contributed by atoms with E-state index in [2.05, 4.69) is 19.6 Å². The summed E-state index contributed by atoms with van der Waals surface area (Å²) in [6.07, 6.45) is 0.994. The Morgan fingerprint density at radius 2 is 1.75 bits per heavy atom. The van der Waals surface area contributed by atoms with E-state index in [1.807, 2.05) is 0 Å². The molecule has 0 aliphatic heterocycles. The van der Waals surface area contributed by atoms with Gasteiger partial charge in [-0.3, -0.25) is 0 Å². The number of benzene rings is 1. The Hall–Kier alpha value is -0.903. The van der Waals surface area contributed by atoms with Crippen molar-refractivity contribution in [3.8, 4) is 5.75 Å². The molecule has 0 bridgehead atoms. The second kappa shape index (κ2) is 3.55. The monoisotopic (exact) mass is 242 g/mol. The van der Waals surface area contributed by atoms with Gasteiger partial charge in [-0.2, -0.15) is 0 Å². The molecule has 0 spiro atoms. The third-order valence-electron chi connectivity index (χ3n) is 3.37. The zero-order valence-electron chi connectivity index (χ0n) is 9.72. The number of aromatic hydroxyl groups is 1. The van der Waals surface area contributed by atoms with E-state index < -0.39 is 19.7 Å². The molecule has 1 saturated carbocycles. The lowest BCUT2D eigenvalue weighted by atomic mass is 10.1. The maximum absolute atomic E-state index is 13.1. The lowest BCUT2D eigenvalue weighted by Crippen LogP contribution is -2.20. The molecule has 0 amide bonds. The van der Waals surface area contributed by atoms with Gasteiger partial charge in [0.05, 0.1) is 0 Å². The molecule has 0 heterocycles. The van der Waals surface area contributed by atoms with E-state index in [9.17, 15) is 13.9 Å². The van der Waals surface area contributed by atoms with Crippen LogP contribution in [0.1, 0.15) is 17.9 Å². The number of hydrogen-bond donors (Lipinski definition) is 1. The second-order valence-electron chi connectivity index (χ2n) is 5.64. The van der Waals surface area contributed by atoms with E-state index in [-0.39, 0.29) is 11.7 Å². The lowest BCUT2D eigenvalue weighted by molar-refractivity contribution is 0.447. The van der Waals surface area contributed by atoms with Crippen molar-refractivity contribution in [2.45, 2.75) is 37.5 Å². The molecule has 1 aromatic rings. The van der Waals surface area contributed by atoms with Gasteiger partial charge in [0.2, 0.25) is 0 Å². The molecule has 1 nitrogen and oxygen atoms in total. The molecular formula is C12H16F2OSi. The number of phenols is 1. The average Bonchev–Trinajstić information content (AvgIpc) is 2.89. The van der Waals surface area contributed by atoms with Crippen molar-refractivity contribution in [3.63, 3.8) is 0 Å². The Balaban J connectivity index is 2.28. The van der Waals surface area contributed by atoms with E-state index in [1.54, 1.807) is 0 Å². The number of rotatable bonds is 2. The van der Waals surface area contributed by atoms with Gasteiger partial charge in [0, 0.05) is 19.7 Å². The molecule has 0 radical (unpaired) electrons. The topological polar surface area (TPSA) is 20.2 Å². The minimum Gasteiger partial charge on any atom is -0.508 e. The lowest BCUT2D eigenvalue weighted by Gasteiger charge is -2.16. The molecule has 0 saturated heterocycles. The smallest absolute Gasteiger partial charge is 0.162 e. The summed E-state index contributed by atoms with van der Waals surface area (Å²) in [6.45, 7) is 6.78. The summed E-state index contributed by atoms with van der Waals surface area (Å²) >= 11 is 0. The van der Waals surface area contributed by atoms with Crippen LogP contribution in [-0.2, 0) is 0 Å². The fourth-order valence-corrected chi connectivity index (χ4v) is 4.69. The predicted octanol–water partition coefficient (Wildman–Crippen LogP) is 3.87. The quantitative estimate of drug-likeness (QED) is 0.781. The van der Waals surface area contributed by atoms with Gasteiger partial charge in [0.15, 0.2) is 11.6 Å². The van der Waals surface area contributed by atoms with Crippen LogP contribution in [0.25, 0.3) is 0 Å². The first-order chi connectivity index (χ1) is 7.30. The summed E-state index contributed by atoms with van der Waals surface area (Å²) in [5, 5.41) is 9.62. The first kappa shape index (κ1) is 11.6. The first-order valence-corrected chi connectivity index (χ1v) is 9.06. The Morgan fingerprint density at radius 1 is 1.19 bits per heavy atom. The van der Waals surface area contributed by atoms with Crippen molar-refractivity contribution >= 4 is 8.07 Å². The summed E-state index contributed by atoms with van der Waals surface area (Å²) < 4.78 is 25.9. The third-order valence-corrected chi connectivity index (χ3v) is 6.23. The normalized spacial score (nSPS) is 24.6. The van der Waals surface area contributed by atoms with Gasteiger partial charge >= 0.3 is 0 Å². The Labute approximate surface area is 95.1 Å². The third kappa shape index (κ3) is 1.98. The number of hydrogen-bond acceptors (Lipinski definition) is 1. The van der Waals surface area contributed by atoms with Crippen LogP contribution in [0.15, 0.2) is 12.1 Å². The summed E-state index contributed by atoms with van der Waals surface area (Å²) in [5.74, 6) is -1.73. The SMILES string of the molecule is C[Si](C)(C)[C@@H]1C[C@H]1c1cc(F)c(F)cc1O. The van der Waals surface area contributed by atoms with Gasteiger partial charge in [-0.15, -0.1) is 0 Å². The van der Waals surface area contributed by atoms with Gasteiger partial charge in [0.1, 0.15) is 5.75 Å². The van der Waals surface area contributed by atoms with Crippen molar-refractivity contribution < 1.29 is 13.9 Å². The van der Waals surface area contributed by atoms with Crippen molar-refractivity contribution in [1.29, 1.82) is 0 Å². The second-order valence-corrected chi connectivity index (χ2v) is 11.1. The molecule has 88 valence electrons. The molecule has 1 aliphatic carbocycles. The summed E-state index contributed by atoms with van der Waals surface area (Å²) in [6, 6.07) is 2.03. The van der Waals surface area contributed by atoms with Gasteiger partial charge in [-0.05, 0) is 23.9 Å². The van der Waals surface area contributed by atoms with Crippen molar-refractivity contribution in [2.75, 3.05) is 0 Å². The van der Waals surface area contributed by atoms with Gasteiger partial charge in [0.25, 0.3) is 0 Å². The van der Waals surface area contributed by atoms with E-state index in [4.69, 9.17) is 0 Å². The zero-order chi connectivity index (χ0) is 12.1. The maximum atomic E-state index is 13.1. The summed E-state index contributed by atoms with van der Waals surface area (Å²) in [4.78, 5) is 0. The van der Waals surface area contributed by atoms with Crippen LogP contribution < -0.4 is 0 Å². The minimum atomic E-state index is -1.25. The largest absolute Gasteiger partial charge is 0.508 e. The van der Waals surface area contributed by atoms with Crippen LogP contribution in [0, 0.1) is 11.6 Å². The Bertz CT molecular complexity index is 426. The number of halogens is 2. The van der Waals surface area contributed by atoms with E-state index in [1.165, 1.54) is 0 Å². The average molecular weight is 242 g/mol. The van der Waals surface area contributed by atoms with E-state index >= 15 is 0 Å². The van der Waals surface area contributed by atoms with E-state index in [0.717, 1.165) is 18.6 Å². The summed E-state index contributed by atoms with van der Waals surface area (Å²) in [5.41, 5.74) is 1.15. The molecule has 1 aliphatic rings. The molecule has 1 fully saturated rings. The zero-order valence-corrected chi connectivity index (χ0v) is 10.7. The van der Waals surface area contributed by atoms with Crippen LogP contribution in [-0.4, -0.2) is 13.2 Å². The Morgan fingerprint density at radius 3 is 2.25 bits per heavy atom. The van der Waals surface area contributed by atoms with Crippen molar-refractivity contribution in [1.82, 2.24) is 0 Å². The van der Waals surface area contributed by atoms with Crippen LogP contribution in [0.3, 0.4) is 0 Å². The first-order valence-electron chi connectivity index (χ1n) is 5.48. The standard InChI is InChI=1S/C12H16F2OSi/c1-16(2,3)12-5-8(12)7-4-9(13)10(14)6-11(7)15/h4,6,8,12,15H,5H2,1-3H3/t8-,12+/m0/s1. The highest BCUT2D eigenvalue weighted by Gasteiger charge is 2.47. The minimum absolute atomic E-state index is 0.107. The highest BCUT2D eigenvalue weighted by atomic mass is 28.3. The van der Waals surface area contributed by atoms with Crippen molar-refractivity contribution in [2.24, 2.45) is 0 Å². The Kier molecular flexibility index (Phi) is 2.57. The van der Waals surface area contributed by atoms with Gasteiger partial charge < -0.3 is 5.11 Å². The number of phenolic OH excluding ortho intramolecular Hbond substituents is 1. The van der Waals surface area contributed by atoms with Crippen LogP contribution >= 0.6 is 0 Å². The molecule has 0 aromatic heterocycles. The fraction of sp³-hybridized carbons (Fsp3) is 0.500. The molecular weight excluding hydrogens is 226 g/mol. The van der Waals surface area contributed by atoms with Gasteiger partial charge in [-0.25, -0.2) is 8.78 Å². The molecule has 1 N–H and O–H groups in total. The molecule has 2 rings (SSSR count). The van der Waals surface area contributed by atoms with Crippen LogP contribution in [0.4, 0.5) is 8.78 Å². The molecule has 4 heteroatoms. The molecule has 16 heavy (non-hydrogen) atoms. The highest BCUT2D eigenvalue weighted by Crippen LogP contribution is 2.59. The molecule has 1 aromatic carbocycles. The van der Waals surface area contributed by atoms with Crippen LogP contribution in [0.5, 0.6) is 5.75 Å². The molecule has 2 atom stereocenters. The molecule has 0 unspecified atom stereocenters. The maximum Gasteiger partial charge on any atom is 0.162 e. The predicted molar refractivity (Wildman–Crippen MR) is 62.5 cm³/mol. The highest BCUT2D eigenvalue weighted by molar-refractivity contribution is 6.78. The van der Waals surface area contributed by atoms with E-state index in [0.29, 0.717) is 11.1 Å². The fourth-order valence-electron chi connectivity index (χ4n) is 2.34. The van der Waals surface area contributed by atoms with Crippen molar-refractivity contribution in [3.05, 3.63) is 29.3 Å². The van der Waals surface area contributed by atoms with Crippen LogP contribution in [0.2, 0.25) is 25.2 Å². The van der Waals surface area contributed by atoms with Gasteiger partial charge in [-0.1, -0.05) is 19.6 Å². The summed E-state index contributed by atoms with van der Waals surface area (Å²) in [7, 11) is -1.25.